The number of hydrogen-bond donors (Lipinski definition) is 0. The number of rotatable bonds is 6. The molecule has 1 aromatic carbocycles. The van der Waals surface area contributed by atoms with Crippen molar-refractivity contribution >= 4 is 5.91 Å². The molecule has 2 heterocycles. The van der Waals surface area contributed by atoms with Crippen LogP contribution in [0.15, 0.2) is 24.3 Å². The van der Waals surface area contributed by atoms with Gasteiger partial charge in [0.25, 0.3) is 5.91 Å². The van der Waals surface area contributed by atoms with Crippen molar-refractivity contribution in [2.24, 2.45) is 16.7 Å². The minimum Gasteiger partial charge on any atom is -0.493 e. The molecule has 6 heteroatoms. The molecule has 3 aliphatic rings. The van der Waals surface area contributed by atoms with E-state index in [0.717, 1.165) is 45.9 Å². The van der Waals surface area contributed by atoms with E-state index in [0.29, 0.717) is 22.8 Å². The molecule has 2 aliphatic heterocycles. The highest BCUT2D eigenvalue weighted by atomic mass is 16.5. The van der Waals surface area contributed by atoms with Gasteiger partial charge in [0.2, 0.25) is 0 Å². The molecule has 2 saturated heterocycles. The number of benzene rings is 1. The Hall–Kier alpha value is -1.79. The number of ether oxygens (including phenoxy) is 3. The lowest BCUT2D eigenvalue weighted by Crippen LogP contribution is -2.59. The number of methoxy groups -OCH3 is 1. The molecule has 6 nitrogen and oxygen atoms in total. The lowest BCUT2D eigenvalue weighted by Gasteiger charge is -2.58. The second-order valence-corrected chi connectivity index (χ2v) is 9.18. The van der Waals surface area contributed by atoms with Crippen molar-refractivity contribution < 1.29 is 19.0 Å². The van der Waals surface area contributed by atoms with Gasteiger partial charge in [0.05, 0.1) is 20.3 Å². The summed E-state index contributed by atoms with van der Waals surface area (Å²) < 4.78 is 16.6. The fraction of sp³-hybridized carbons (Fsp3) is 0.682. The molecule has 0 aromatic heterocycles. The normalized spacial score (nSPS) is 29.1. The summed E-state index contributed by atoms with van der Waals surface area (Å²) in [7, 11) is 1.61. The lowest BCUT2D eigenvalue weighted by molar-refractivity contribution is -0.132. The zero-order valence-corrected chi connectivity index (χ0v) is 17.3. The van der Waals surface area contributed by atoms with Gasteiger partial charge >= 0.3 is 0 Å². The number of para-hydroxylation sites is 2. The quantitative estimate of drug-likeness (QED) is 0.748. The Kier molecular flexibility index (Phi) is 5.27. The summed E-state index contributed by atoms with van der Waals surface area (Å²) in [5.41, 5.74) is 0.520. The Labute approximate surface area is 167 Å². The molecule has 154 valence electrons. The second-order valence-electron chi connectivity index (χ2n) is 9.18. The van der Waals surface area contributed by atoms with Crippen molar-refractivity contribution in [1.82, 2.24) is 9.80 Å². The summed E-state index contributed by atoms with van der Waals surface area (Å²) in [6.07, 6.45) is 1.18. The van der Waals surface area contributed by atoms with Gasteiger partial charge in [-0.3, -0.25) is 9.69 Å². The maximum atomic E-state index is 12.9. The minimum atomic E-state index is 0.0567. The van der Waals surface area contributed by atoms with E-state index in [1.165, 1.54) is 6.42 Å². The van der Waals surface area contributed by atoms with Gasteiger partial charge in [-0.25, -0.2) is 0 Å². The fourth-order valence-corrected chi connectivity index (χ4v) is 5.70. The molecular formula is C22H32N2O4. The average Bonchev–Trinajstić information content (AvgIpc) is 3.01. The molecule has 3 fully saturated rings. The first-order valence-electron chi connectivity index (χ1n) is 10.3. The third-order valence-electron chi connectivity index (χ3n) is 6.81. The van der Waals surface area contributed by atoms with Gasteiger partial charge in [-0.2, -0.15) is 0 Å². The van der Waals surface area contributed by atoms with Crippen molar-refractivity contribution in [3.8, 4) is 11.5 Å². The molecule has 1 saturated carbocycles. The highest BCUT2D eigenvalue weighted by Gasteiger charge is 2.63. The van der Waals surface area contributed by atoms with Crippen molar-refractivity contribution in [2.75, 3.05) is 59.7 Å². The van der Waals surface area contributed by atoms with Crippen LogP contribution in [0.2, 0.25) is 0 Å². The maximum absolute atomic E-state index is 12.9. The molecule has 0 unspecified atom stereocenters. The van der Waals surface area contributed by atoms with E-state index >= 15 is 0 Å². The molecule has 1 aromatic rings. The number of hydrogen-bond acceptors (Lipinski definition) is 5. The summed E-state index contributed by atoms with van der Waals surface area (Å²) >= 11 is 0. The third-order valence-corrected chi connectivity index (χ3v) is 6.81. The zero-order valence-electron chi connectivity index (χ0n) is 17.3. The zero-order chi connectivity index (χ0) is 19.8. The highest BCUT2D eigenvalue weighted by molar-refractivity contribution is 5.78. The summed E-state index contributed by atoms with van der Waals surface area (Å²) in [5, 5.41) is 0. The lowest BCUT2D eigenvalue weighted by atomic mass is 9.48. The van der Waals surface area contributed by atoms with Gasteiger partial charge in [-0.1, -0.05) is 26.0 Å². The van der Waals surface area contributed by atoms with Crippen LogP contribution in [-0.2, 0) is 9.53 Å². The largest absolute Gasteiger partial charge is 0.493 e. The number of carbonyl (C=O) groups is 1. The van der Waals surface area contributed by atoms with E-state index in [4.69, 9.17) is 14.2 Å². The summed E-state index contributed by atoms with van der Waals surface area (Å²) in [4.78, 5) is 17.5. The number of fused-ring (bicyclic) bond motifs is 1. The second kappa shape index (κ2) is 7.56. The predicted octanol–water partition coefficient (Wildman–Crippen LogP) is 2.28. The number of nitrogens with zero attached hydrogens (tertiary/aromatic N) is 2. The number of morpholine rings is 1. The van der Waals surface area contributed by atoms with Crippen LogP contribution in [0, 0.1) is 16.7 Å². The van der Waals surface area contributed by atoms with Crippen molar-refractivity contribution in [2.45, 2.75) is 20.3 Å². The van der Waals surface area contributed by atoms with Crippen LogP contribution in [-0.4, -0.2) is 75.4 Å². The Bertz CT molecular complexity index is 716. The SMILES string of the molecule is COc1ccccc1OCC(=O)N1C[C@@H]2C(C)(C)C[C@]2(CN2CCOCC2)C1. The standard InChI is InChI=1S/C22H32N2O4/c1-21(2)14-22(15-23-8-10-27-11-9-23)16-24(12-19(21)22)20(25)13-28-18-7-5-4-6-17(18)26-3/h4-7,19H,8-16H2,1-3H3/t19-,22+/m1/s1. The number of amides is 1. The molecule has 0 spiro atoms. The number of likely N-dealkylation sites (tertiary alicyclic amines) is 1. The van der Waals surface area contributed by atoms with E-state index in [1.54, 1.807) is 7.11 Å². The molecule has 2 atom stereocenters. The molecule has 0 N–H and O–H groups in total. The van der Waals surface area contributed by atoms with Gasteiger partial charge in [-0.05, 0) is 29.9 Å². The van der Waals surface area contributed by atoms with Crippen LogP contribution in [0.1, 0.15) is 20.3 Å². The van der Waals surface area contributed by atoms with E-state index in [1.807, 2.05) is 29.2 Å². The van der Waals surface area contributed by atoms with Crippen molar-refractivity contribution in [1.29, 1.82) is 0 Å². The Morgan fingerprint density at radius 2 is 1.93 bits per heavy atom. The highest BCUT2D eigenvalue weighted by Crippen LogP contribution is 2.63. The van der Waals surface area contributed by atoms with Crippen molar-refractivity contribution in [3.05, 3.63) is 24.3 Å². The van der Waals surface area contributed by atoms with Gasteiger partial charge in [-0.15, -0.1) is 0 Å². The summed E-state index contributed by atoms with van der Waals surface area (Å²) in [5.74, 6) is 1.89. The van der Waals surface area contributed by atoms with Crippen LogP contribution in [0.4, 0.5) is 0 Å². The Morgan fingerprint density at radius 3 is 2.61 bits per heavy atom. The van der Waals surface area contributed by atoms with Gasteiger partial charge in [0.1, 0.15) is 0 Å². The van der Waals surface area contributed by atoms with Crippen LogP contribution in [0.3, 0.4) is 0 Å². The van der Waals surface area contributed by atoms with E-state index in [-0.39, 0.29) is 17.9 Å². The number of carbonyl (C=O) groups excluding carboxylic acids is 1. The van der Waals surface area contributed by atoms with Crippen LogP contribution < -0.4 is 9.47 Å². The smallest absolute Gasteiger partial charge is 0.260 e. The molecule has 0 radical (unpaired) electrons. The summed E-state index contributed by atoms with van der Waals surface area (Å²) in [6.45, 7) is 11.1. The first kappa shape index (κ1) is 19.5. The first-order valence-corrected chi connectivity index (χ1v) is 10.3. The van der Waals surface area contributed by atoms with Crippen LogP contribution in [0.25, 0.3) is 0 Å². The van der Waals surface area contributed by atoms with Gasteiger partial charge in [0.15, 0.2) is 18.1 Å². The molecule has 0 bridgehead atoms. The third kappa shape index (κ3) is 3.60. The average molecular weight is 389 g/mol. The molecule has 1 amide bonds. The topological polar surface area (TPSA) is 51.2 Å². The van der Waals surface area contributed by atoms with Crippen molar-refractivity contribution in [3.63, 3.8) is 0 Å². The fourth-order valence-electron chi connectivity index (χ4n) is 5.70. The van der Waals surface area contributed by atoms with Crippen LogP contribution in [0.5, 0.6) is 11.5 Å². The van der Waals surface area contributed by atoms with E-state index < -0.39 is 0 Å². The van der Waals surface area contributed by atoms with Crippen LogP contribution >= 0.6 is 0 Å². The van der Waals surface area contributed by atoms with E-state index in [2.05, 4.69) is 18.7 Å². The summed E-state index contributed by atoms with van der Waals surface area (Å²) in [6, 6.07) is 7.46. The monoisotopic (exact) mass is 388 g/mol. The van der Waals surface area contributed by atoms with Gasteiger partial charge in [0, 0.05) is 38.1 Å². The Balaban J connectivity index is 1.39. The maximum Gasteiger partial charge on any atom is 0.260 e. The molecular weight excluding hydrogens is 356 g/mol. The minimum absolute atomic E-state index is 0.0567. The predicted molar refractivity (Wildman–Crippen MR) is 107 cm³/mol. The molecule has 4 rings (SSSR count). The molecule has 1 aliphatic carbocycles. The Morgan fingerprint density at radius 1 is 1.21 bits per heavy atom. The first-order chi connectivity index (χ1) is 13.4. The van der Waals surface area contributed by atoms with E-state index in [9.17, 15) is 4.79 Å². The molecule has 28 heavy (non-hydrogen) atoms. The van der Waals surface area contributed by atoms with Gasteiger partial charge < -0.3 is 19.1 Å².